The summed E-state index contributed by atoms with van der Waals surface area (Å²) in [5, 5.41) is 1.01. The molecule has 0 bridgehead atoms. The summed E-state index contributed by atoms with van der Waals surface area (Å²) >= 11 is 7.38. The van der Waals surface area contributed by atoms with Gasteiger partial charge in [-0.15, -0.1) is 0 Å². The Labute approximate surface area is 108 Å². The molecule has 0 aliphatic heterocycles. The van der Waals surface area contributed by atoms with Crippen molar-refractivity contribution >= 4 is 29.1 Å². The van der Waals surface area contributed by atoms with Crippen molar-refractivity contribution in [3.05, 3.63) is 40.7 Å². The predicted octanol–water partition coefficient (Wildman–Crippen LogP) is 3.99. The van der Waals surface area contributed by atoms with Crippen LogP contribution in [0.5, 0.6) is 0 Å². The molecule has 0 amide bonds. The van der Waals surface area contributed by atoms with E-state index in [2.05, 4.69) is 4.98 Å². The minimum atomic E-state index is -0.0430. The molecule has 0 aliphatic rings. The SMILES string of the molecule is CC(=O)c1ccc(Sc2nc(C)co2)cc1Cl. The summed E-state index contributed by atoms with van der Waals surface area (Å²) in [5.41, 5.74) is 1.36. The number of aryl methyl sites for hydroxylation is 1. The Morgan fingerprint density at radius 1 is 1.47 bits per heavy atom. The molecule has 3 nitrogen and oxygen atoms in total. The fourth-order valence-electron chi connectivity index (χ4n) is 1.32. The fourth-order valence-corrected chi connectivity index (χ4v) is 2.50. The largest absolute Gasteiger partial charge is 0.439 e. The number of nitrogens with zero attached hydrogens (tertiary/aromatic N) is 1. The van der Waals surface area contributed by atoms with Crippen molar-refractivity contribution in [1.29, 1.82) is 0 Å². The number of aromatic nitrogens is 1. The quantitative estimate of drug-likeness (QED) is 0.789. The number of benzene rings is 1. The van der Waals surface area contributed by atoms with Crippen molar-refractivity contribution in [2.75, 3.05) is 0 Å². The zero-order chi connectivity index (χ0) is 12.4. The van der Waals surface area contributed by atoms with E-state index in [4.69, 9.17) is 16.0 Å². The van der Waals surface area contributed by atoms with E-state index < -0.39 is 0 Å². The van der Waals surface area contributed by atoms with Gasteiger partial charge < -0.3 is 4.42 Å². The third kappa shape index (κ3) is 2.90. The summed E-state index contributed by atoms with van der Waals surface area (Å²) in [5.74, 6) is -0.0430. The maximum absolute atomic E-state index is 11.2. The van der Waals surface area contributed by atoms with Crippen LogP contribution in [0.4, 0.5) is 0 Å². The van der Waals surface area contributed by atoms with Gasteiger partial charge in [-0.1, -0.05) is 11.6 Å². The highest BCUT2D eigenvalue weighted by atomic mass is 35.5. The van der Waals surface area contributed by atoms with Crippen LogP contribution in [0.2, 0.25) is 5.02 Å². The minimum absolute atomic E-state index is 0.0430. The van der Waals surface area contributed by atoms with E-state index in [1.165, 1.54) is 18.7 Å². The van der Waals surface area contributed by atoms with Gasteiger partial charge in [-0.3, -0.25) is 4.79 Å². The molecular formula is C12H10ClNO2S. The van der Waals surface area contributed by atoms with E-state index in [0.717, 1.165) is 10.6 Å². The number of hydrogen-bond acceptors (Lipinski definition) is 4. The van der Waals surface area contributed by atoms with Gasteiger partial charge in [-0.2, -0.15) is 0 Å². The summed E-state index contributed by atoms with van der Waals surface area (Å²) < 4.78 is 5.23. The Balaban J connectivity index is 2.23. The summed E-state index contributed by atoms with van der Waals surface area (Å²) in [7, 11) is 0. The third-order valence-electron chi connectivity index (χ3n) is 2.12. The number of hydrogen-bond donors (Lipinski definition) is 0. The Kier molecular flexibility index (Phi) is 3.54. The van der Waals surface area contributed by atoms with Crippen molar-refractivity contribution in [3.63, 3.8) is 0 Å². The molecule has 0 spiro atoms. The molecule has 17 heavy (non-hydrogen) atoms. The van der Waals surface area contributed by atoms with Crippen molar-refractivity contribution in [2.45, 2.75) is 24.0 Å². The van der Waals surface area contributed by atoms with E-state index >= 15 is 0 Å². The molecule has 0 saturated heterocycles. The average Bonchev–Trinajstić information content (AvgIpc) is 2.63. The van der Waals surface area contributed by atoms with E-state index in [1.807, 2.05) is 13.0 Å². The molecule has 2 aromatic rings. The van der Waals surface area contributed by atoms with Crippen LogP contribution in [0.15, 0.2) is 39.0 Å². The number of oxazole rings is 1. The van der Waals surface area contributed by atoms with Crippen LogP contribution in [0, 0.1) is 6.92 Å². The molecule has 0 atom stereocenters. The van der Waals surface area contributed by atoms with Gasteiger partial charge in [0.05, 0.1) is 10.7 Å². The van der Waals surface area contributed by atoms with Crippen LogP contribution in [0.25, 0.3) is 0 Å². The molecule has 0 fully saturated rings. The topological polar surface area (TPSA) is 43.1 Å². The van der Waals surface area contributed by atoms with E-state index in [0.29, 0.717) is 15.8 Å². The number of ketones is 1. The number of Topliss-reactive ketones (excluding diaryl/α,β-unsaturated/α-hetero) is 1. The van der Waals surface area contributed by atoms with Crippen LogP contribution < -0.4 is 0 Å². The van der Waals surface area contributed by atoms with Crippen molar-refractivity contribution in [1.82, 2.24) is 4.98 Å². The Hall–Kier alpha value is -1.26. The first kappa shape index (κ1) is 12.2. The van der Waals surface area contributed by atoms with Crippen LogP contribution in [-0.4, -0.2) is 10.8 Å². The molecule has 1 aromatic carbocycles. The van der Waals surface area contributed by atoms with E-state index in [1.54, 1.807) is 18.4 Å². The van der Waals surface area contributed by atoms with Gasteiger partial charge in [0, 0.05) is 10.5 Å². The highest BCUT2D eigenvalue weighted by Crippen LogP contribution is 2.30. The highest BCUT2D eigenvalue weighted by molar-refractivity contribution is 7.99. The lowest BCUT2D eigenvalue weighted by molar-refractivity contribution is 0.101. The molecule has 1 heterocycles. The second-order valence-corrected chi connectivity index (χ2v) is 4.99. The van der Waals surface area contributed by atoms with Crippen LogP contribution in [-0.2, 0) is 0 Å². The smallest absolute Gasteiger partial charge is 0.260 e. The van der Waals surface area contributed by atoms with Gasteiger partial charge in [0.25, 0.3) is 5.22 Å². The van der Waals surface area contributed by atoms with Crippen molar-refractivity contribution in [2.24, 2.45) is 0 Å². The standard InChI is InChI=1S/C12H10ClNO2S/c1-7-6-16-12(14-7)17-9-3-4-10(8(2)15)11(13)5-9/h3-6H,1-2H3. The van der Waals surface area contributed by atoms with Gasteiger partial charge in [-0.05, 0) is 43.8 Å². The number of carbonyl (C=O) groups is 1. The average molecular weight is 268 g/mol. The van der Waals surface area contributed by atoms with Crippen LogP contribution in [0.1, 0.15) is 23.0 Å². The Bertz CT molecular complexity index is 565. The van der Waals surface area contributed by atoms with Gasteiger partial charge in [0.1, 0.15) is 6.26 Å². The maximum atomic E-state index is 11.2. The fraction of sp³-hybridized carbons (Fsp3) is 0.167. The normalized spacial score (nSPS) is 10.5. The third-order valence-corrected chi connectivity index (χ3v) is 3.29. The maximum Gasteiger partial charge on any atom is 0.260 e. The molecule has 0 aliphatic carbocycles. The molecule has 5 heteroatoms. The molecular weight excluding hydrogens is 258 g/mol. The lowest BCUT2D eigenvalue weighted by Crippen LogP contribution is -1.92. The molecule has 2 rings (SSSR count). The molecule has 0 unspecified atom stereocenters. The Morgan fingerprint density at radius 2 is 2.24 bits per heavy atom. The molecule has 0 radical (unpaired) electrons. The number of halogens is 1. The summed E-state index contributed by atoms with van der Waals surface area (Å²) in [6, 6.07) is 5.28. The zero-order valence-electron chi connectivity index (χ0n) is 9.36. The number of carbonyl (C=O) groups excluding carboxylic acids is 1. The lowest BCUT2D eigenvalue weighted by Gasteiger charge is -2.02. The van der Waals surface area contributed by atoms with Crippen molar-refractivity contribution in [3.8, 4) is 0 Å². The zero-order valence-corrected chi connectivity index (χ0v) is 10.9. The van der Waals surface area contributed by atoms with Gasteiger partial charge in [0.2, 0.25) is 0 Å². The second kappa shape index (κ2) is 4.94. The number of rotatable bonds is 3. The summed E-state index contributed by atoms with van der Waals surface area (Å²) in [4.78, 5) is 16.3. The van der Waals surface area contributed by atoms with E-state index in [-0.39, 0.29) is 5.78 Å². The Morgan fingerprint density at radius 3 is 2.76 bits per heavy atom. The van der Waals surface area contributed by atoms with Crippen LogP contribution >= 0.6 is 23.4 Å². The molecule has 1 aromatic heterocycles. The van der Waals surface area contributed by atoms with Gasteiger partial charge >= 0.3 is 0 Å². The molecule has 88 valence electrons. The first-order chi connectivity index (χ1) is 8.06. The van der Waals surface area contributed by atoms with Crippen molar-refractivity contribution < 1.29 is 9.21 Å². The first-order valence-electron chi connectivity index (χ1n) is 4.97. The molecule has 0 N–H and O–H groups in total. The summed E-state index contributed by atoms with van der Waals surface area (Å²) in [6.07, 6.45) is 1.59. The van der Waals surface area contributed by atoms with Gasteiger partial charge in [-0.25, -0.2) is 4.98 Å². The second-order valence-electron chi connectivity index (χ2n) is 3.55. The monoisotopic (exact) mass is 267 g/mol. The summed E-state index contributed by atoms with van der Waals surface area (Å²) in [6.45, 7) is 3.35. The first-order valence-corrected chi connectivity index (χ1v) is 6.16. The minimum Gasteiger partial charge on any atom is -0.439 e. The predicted molar refractivity (Wildman–Crippen MR) is 66.8 cm³/mol. The lowest BCUT2D eigenvalue weighted by atomic mass is 10.1. The van der Waals surface area contributed by atoms with Crippen LogP contribution in [0.3, 0.4) is 0 Å². The highest BCUT2D eigenvalue weighted by Gasteiger charge is 2.09. The molecule has 0 saturated carbocycles. The van der Waals surface area contributed by atoms with Gasteiger partial charge in [0.15, 0.2) is 5.78 Å². The van der Waals surface area contributed by atoms with E-state index in [9.17, 15) is 4.79 Å².